The van der Waals surface area contributed by atoms with Gasteiger partial charge in [0.2, 0.25) is 0 Å². The molecule has 1 fully saturated rings. The predicted molar refractivity (Wildman–Crippen MR) is 39.6 cm³/mol. The van der Waals surface area contributed by atoms with Crippen LogP contribution in [-0.4, -0.2) is 57.0 Å². The maximum atomic E-state index is 9.17. The summed E-state index contributed by atoms with van der Waals surface area (Å²) in [6, 6.07) is 0. The number of rotatable bonds is 1. The minimum atomic E-state index is -1.38. The van der Waals surface area contributed by atoms with Gasteiger partial charge in [-0.1, -0.05) is 11.6 Å². The number of ether oxygens (including phenoxy) is 1. The van der Waals surface area contributed by atoms with Gasteiger partial charge in [0.25, 0.3) is 0 Å². The van der Waals surface area contributed by atoms with E-state index in [1.54, 1.807) is 0 Å². The van der Waals surface area contributed by atoms with Crippen LogP contribution in [0, 0.1) is 0 Å². The molecule has 0 aliphatic carbocycles. The van der Waals surface area contributed by atoms with Gasteiger partial charge in [-0.25, -0.2) is 0 Å². The van der Waals surface area contributed by atoms with Crippen LogP contribution in [-0.2, 0) is 4.74 Å². The van der Waals surface area contributed by atoms with E-state index < -0.39 is 36.6 Å². The van der Waals surface area contributed by atoms with Crippen LogP contribution < -0.4 is 0 Å². The zero-order valence-corrected chi connectivity index (χ0v) is 6.92. The van der Waals surface area contributed by atoms with Gasteiger partial charge in [-0.15, -0.1) is 0 Å². The number of halogens is 1. The quantitative estimate of drug-likeness (QED) is 0.367. The minimum Gasteiger partial charge on any atom is -0.394 e. The lowest BCUT2D eigenvalue weighted by atomic mass is 10.0. The van der Waals surface area contributed by atoms with Crippen LogP contribution in [0.15, 0.2) is 0 Å². The van der Waals surface area contributed by atoms with Gasteiger partial charge in [-0.2, -0.15) is 0 Å². The highest BCUT2D eigenvalue weighted by atomic mass is 35.5. The van der Waals surface area contributed by atoms with E-state index in [4.69, 9.17) is 31.7 Å². The monoisotopic (exact) mass is 198 g/mol. The normalized spacial score (nSPS) is 49.2. The van der Waals surface area contributed by atoms with Gasteiger partial charge in [0, 0.05) is 0 Å². The van der Waals surface area contributed by atoms with Crippen molar-refractivity contribution in [1.82, 2.24) is 0 Å². The molecule has 0 spiro atoms. The Hall–Kier alpha value is 0.0900. The Kier molecular flexibility index (Phi) is 3.28. The molecule has 6 heteroatoms. The van der Waals surface area contributed by atoms with E-state index in [-0.39, 0.29) is 0 Å². The van der Waals surface area contributed by atoms with Crippen molar-refractivity contribution < 1.29 is 25.2 Å². The van der Waals surface area contributed by atoms with Gasteiger partial charge in [0.1, 0.15) is 24.4 Å². The van der Waals surface area contributed by atoms with Gasteiger partial charge < -0.3 is 25.2 Å². The summed E-state index contributed by atoms with van der Waals surface area (Å²) in [5.41, 5.74) is -1.10. The maximum absolute atomic E-state index is 9.17. The predicted octanol–water partition coefficient (Wildman–Crippen LogP) is -1.97. The highest BCUT2D eigenvalue weighted by molar-refractivity contribution is 6.20. The van der Waals surface area contributed by atoms with Crippen molar-refractivity contribution >= 4 is 11.6 Å². The van der Waals surface area contributed by atoms with Gasteiger partial charge in [-0.3, -0.25) is 0 Å². The third-order valence-electron chi connectivity index (χ3n) is 1.83. The van der Waals surface area contributed by atoms with Gasteiger partial charge in [-0.05, 0) is 0 Å². The number of alkyl halides is 1. The van der Waals surface area contributed by atoms with E-state index in [1.807, 2.05) is 0 Å². The molecule has 4 N–H and O–H groups in total. The van der Waals surface area contributed by atoms with E-state index in [0.29, 0.717) is 0 Å². The molecule has 0 radical (unpaired) electrons. The maximum Gasteiger partial charge on any atom is 0.160 e. The summed E-state index contributed by atoms with van der Waals surface area (Å²) in [6.07, 6.45) is -4.95. The lowest BCUT2D eigenvalue weighted by Gasteiger charge is -2.37. The number of aliphatic hydroxyl groups excluding tert-OH is 4. The van der Waals surface area contributed by atoms with Crippen LogP contribution in [0.5, 0.6) is 0 Å². The molecular formula is C6H11ClO5. The van der Waals surface area contributed by atoms with E-state index in [0.717, 1.165) is 0 Å². The Balaban J connectivity index is 2.63. The molecule has 12 heavy (non-hydrogen) atoms. The van der Waals surface area contributed by atoms with Crippen LogP contribution in [0.25, 0.3) is 0 Å². The Bertz CT molecular complexity index is 150. The summed E-state index contributed by atoms with van der Waals surface area (Å²) < 4.78 is 4.79. The highest BCUT2D eigenvalue weighted by Gasteiger charge is 2.42. The van der Waals surface area contributed by atoms with Crippen LogP contribution in [0.4, 0.5) is 0 Å². The van der Waals surface area contributed by atoms with Crippen molar-refractivity contribution in [1.29, 1.82) is 0 Å². The molecule has 5 atom stereocenters. The molecular weight excluding hydrogens is 188 g/mol. The van der Waals surface area contributed by atoms with Gasteiger partial charge >= 0.3 is 0 Å². The molecule has 1 heterocycles. The second-order valence-corrected chi connectivity index (χ2v) is 3.11. The SMILES string of the molecule is OC[C@H]1OC(Cl)[C@H](O)[C@@H](O)[C@H]1O. The first-order valence-electron chi connectivity index (χ1n) is 3.52. The molecule has 1 saturated heterocycles. The van der Waals surface area contributed by atoms with Crippen molar-refractivity contribution in [2.45, 2.75) is 30.0 Å². The second kappa shape index (κ2) is 3.87. The molecule has 1 aliphatic heterocycles. The minimum absolute atomic E-state index is 0.450. The molecule has 0 amide bonds. The summed E-state index contributed by atoms with van der Waals surface area (Å²) in [6.45, 7) is -0.450. The number of hydrogen-bond donors (Lipinski definition) is 4. The number of hydrogen-bond acceptors (Lipinski definition) is 5. The van der Waals surface area contributed by atoms with E-state index in [9.17, 15) is 5.11 Å². The Morgan fingerprint density at radius 2 is 1.67 bits per heavy atom. The molecule has 1 aliphatic rings. The molecule has 72 valence electrons. The van der Waals surface area contributed by atoms with Crippen molar-refractivity contribution in [2.24, 2.45) is 0 Å². The summed E-state index contributed by atoms with van der Waals surface area (Å²) in [5, 5.41) is 36.0. The smallest absolute Gasteiger partial charge is 0.160 e. The fourth-order valence-corrected chi connectivity index (χ4v) is 1.34. The molecule has 0 aromatic carbocycles. The lowest BCUT2D eigenvalue weighted by molar-refractivity contribution is -0.207. The third kappa shape index (κ3) is 1.71. The first-order valence-corrected chi connectivity index (χ1v) is 3.96. The zero-order chi connectivity index (χ0) is 9.30. The largest absolute Gasteiger partial charge is 0.394 e. The van der Waals surface area contributed by atoms with Crippen molar-refractivity contribution in [3.05, 3.63) is 0 Å². The molecule has 1 rings (SSSR count). The van der Waals surface area contributed by atoms with E-state index >= 15 is 0 Å². The Labute approximate surface area is 74.2 Å². The highest BCUT2D eigenvalue weighted by Crippen LogP contribution is 2.22. The molecule has 0 bridgehead atoms. The first-order chi connectivity index (χ1) is 5.57. The van der Waals surface area contributed by atoms with Crippen molar-refractivity contribution in [3.63, 3.8) is 0 Å². The summed E-state index contributed by atoms with van der Waals surface area (Å²) >= 11 is 5.45. The number of aliphatic hydroxyl groups is 4. The van der Waals surface area contributed by atoms with Crippen LogP contribution in [0.2, 0.25) is 0 Å². The standard InChI is InChI=1S/C6H11ClO5/c7-6-5(11)4(10)3(9)2(1-8)12-6/h2-6,8-11H,1H2/t2-,3+,4+,5-,6?/m1/s1. The second-order valence-electron chi connectivity index (χ2n) is 2.68. The summed E-state index contributed by atoms with van der Waals surface area (Å²) in [7, 11) is 0. The molecule has 0 saturated carbocycles. The Morgan fingerprint density at radius 1 is 1.08 bits per heavy atom. The molecule has 5 nitrogen and oxygen atoms in total. The van der Waals surface area contributed by atoms with Crippen LogP contribution in [0.1, 0.15) is 0 Å². The lowest BCUT2D eigenvalue weighted by Crippen LogP contribution is -2.56. The van der Waals surface area contributed by atoms with Crippen LogP contribution in [0.3, 0.4) is 0 Å². The molecule has 0 aromatic rings. The van der Waals surface area contributed by atoms with Gasteiger partial charge in [0.15, 0.2) is 5.56 Å². The van der Waals surface area contributed by atoms with Crippen molar-refractivity contribution in [3.8, 4) is 0 Å². The van der Waals surface area contributed by atoms with Crippen molar-refractivity contribution in [2.75, 3.05) is 6.61 Å². The molecule has 0 aromatic heterocycles. The first kappa shape index (κ1) is 10.2. The fraction of sp³-hybridized carbons (Fsp3) is 1.00. The average molecular weight is 199 g/mol. The molecule has 1 unspecified atom stereocenters. The average Bonchev–Trinajstić information content (AvgIpc) is 2.08. The third-order valence-corrected chi connectivity index (χ3v) is 2.20. The van der Waals surface area contributed by atoms with E-state index in [1.165, 1.54) is 0 Å². The summed E-state index contributed by atoms with van der Waals surface area (Å²) in [5.74, 6) is 0. The van der Waals surface area contributed by atoms with Gasteiger partial charge in [0.05, 0.1) is 6.61 Å². The van der Waals surface area contributed by atoms with E-state index in [2.05, 4.69) is 0 Å². The Morgan fingerprint density at radius 3 is 2.17 bits per heavy atom. The summed E-state index contributed by atoms with van der Waals surface area (Å²) in [4.78, 5) is 0. The topological polar surface area (TPSA) is 90.2 Å². The van der Waals surface area contributed by atoms with Crippen LogP contribution >= 0.6 is 11.6 Å². The fourth-order valence-electron chi connectivity index (χ4n) is 1.06. The zero-order valence-electron chi connectivity index (χ0n) is 6.17.